The van der Waals surface area contributed by atoms with Crippen LogP contribution in [-0.2, 0) is 13.1 Å². The lowest BCUT2D eigenvalue weighted by Crippen LogP contribution is -2.25. The molecule has 0 amide bonds. The Morgan fingerprint density at radius 2 is 1.93 bits per heavy atom. The Hall–Kier alpha value is -3.25. The average molecular weight is 376 g/mol. The van der Waals surface area contributed by atoms with Crippen molar-refractivity contribution in [2.75, 3.05) is 19.9 Å². The second kappa shape index (κ2) is 7.05. The zero-order chi connectivity index (χ0) is 18.9. The van der Waals surface area contributed by atoms with Gasteiger partial charge in [-0.1, -0.05) is 12.1 Å². The van der Waals surface area contributed by atoms with Crippen LogP contribution in [0.1, 0.15) is 11.1 Å². The molecule has 2 aromatic carbocycles. The molecule has 0 fully saturated rings. The van der Waals surface area contributed by atoms with Crippen LogP contribution in [0.25, 0.3) is 11.1 Å². The molecule has 0 saturated carbocycles. The van der Waals surface area contributed by atoms with Gasteiger partial charge in [0, 0.05) is 43.2 Å². The Kier molecular flexibility index (Phi) is 4.25. The van der Waals surface area contributed by atoms with Crippen molar-refractivity contribution in [3.05, 3.63) is 66.0 Å². The molecule has 0 aliphatic carbocycles. The van der Waals surface area contributed by atoms with E-state index < -0.39 is 0 Å². The molecular formula is C22H20N2O4. The van der Waals surface area contributed by atoms with E-state index >= 15 is 0 Å². The van der Waals surface area contributed by atoms with Gasteiger partial charge in [0.1, 0.15) is 6.61 Å². The number of nitrogens with zero attached hydrogens (tertiary/aromatic N) is 2. The van der Waals surface area contributed by atoms with E-state index in [4.69, 9.17) is 14.2 Å². The molecule has 6 nitrogen and oxygen atoms in total. The number of fused-ring (bicyclic) bond motifs is 2. The van der Waals surface area contributed by atoms with Crippen molar-refractivity contribution >= 4 is 0 Å². The van der Waals surface area contributed by atoms with Crippen LogP contribution in [0.5, 0.6) is 23.0 Å². The van der Waals surface area contributed by atoms with Crippen molar-refractivity contribution in [1.29, 1.82) is 0 Å². The Labute approximate surface area is 162 Å². The van der Waals surface area contributed by atoms with Gasteiger partial charge in [-0.15, -0.1) is 0 Å². The minimum atomic E-state index is 0.168. The van der Waals surface area contributed by atoms with Gasteiger partial charge >= 0.3 is 0 Å². The molecule has 1 N–H and O–H groups in total. The van der Waals surface area contributed by atoms with E-state index in [0.717, 1.165) is 46.8 Å². The number of aromatic hydroxyl groups is 1. The maximum Gasteiger partial charge on any atom is 0.231 e. The molecule has 6 heteroatoms. The third kappa shape index (κ3) is 3.23. The van der Waals surface area contributed by atoms with Crippen LogP contribution in [0, 0.1) is 0 Å². The number of benzene rings is 2. The van der Waals surface area contributed by atoms with E-state index in [0.29, 0.717) is 18.9 Å². The van der Waals surface area contributed by atoms with Gasteiger partial charge in [-0.05, 0) is 41.5 Å². The van der Waals surface area contributed by atoms with Gasteiger partial charge in [-0.25, -0.2) is 0 Å². The first-order chi connectivity index (χ1) is 13.8. The molecule has 1 aromatic heterocycles. The van der Waals surface area contributed by atoms with E-state index in [9.17, 15) is 5.11 Å². The van der Waals surface area contributed by atoms with Crippen LogP contribution in [0.3, 0.4) is 0 Å². The number of rotatable bonds is 3. The number of aromatic nitrogens is 1. The van der Waals surface area contributed by atoms with Crippen LogP contribution in [0.15, 0.2) is 54.9 Å². The Morgan fingerprint density at radius 3 is 2.82 bits per heavy atom. The summed E-state index contributed by atoms with van der Waals surface area (Å²) in [6, 6.07) is 13.7. The van der Waals surface area contributed by atoms with Crippen LogP contribution in [-0.4, -0.2) is 34.9 Å². The summed E-state index contributed by atoms with van der Waals surface area (Å²) in [5, 5.41) is 10.5. The zero-order valence-electron chi connectivity index (χ0n) is 15.3. The number of pyridine rings is 1. The monoisotopic (exact) mass is 376 g/mol. The lowest BCUT2D eigenvalue weighted by Gasteiger charge is -2.20. The molecule has 2 aliphatic rings. The summed E-state index contributed by atoms with van der Waals surface area (Å²) in [7, 11) is 0. The second-order valence-corrected chi connectivity index (χ2v) is 6.97. The van der Waals surface area contributed by atoms with E-state index in [1.807, 2.05) is 24.3 Å². The Bertz CT molecular complexity index is 1010. The van der Waals surface area contributed by atoms with E-state index in [1.165, 1.54) is 0 Å². The maximum atomic E-state index is 10.5. The molecule has 142 valence electrons. The molecule has 2 aliphatic heterocycles. The predicted octanol–water partition coefficient (Wildman–Crippen LogP) is 3.58. The molecular weight excluding hydrogens is 356 g/mol. The standard InChI is InChI=1S/C22H20N2O4/c25-19-10-17(16-2-1-5-23-11-16)9-18-13-24(6-7-26-22(18)19)12-15-3-4-20-21(8-15)28-14-27-20/h1-5,8-11,25H,6-7,12-14H2. The Balaban J connectivity index is 1.42. The molecule has 0 radical (unpaired) electrons. The topological polar surface area (TPSA) is 64.1 Å². The third-order valence-electron chi connectivity index (χ3n) is 5.03. The van der Waals surface area contributed by atoms with Crippen LogP contribution in [0.4, 0.5) is 0 Å². The average Bonchev–Trinajstić information content (AvgIpc) is 3.08. The molecule has 0 bridgehead atoms. The van der Waals surface area contributed by atoms with Crippen molar-refractivity contribution in [3.63, 3.8) is 0 Å². The second-order valence-electron chi connectivity index (χ2n) is 6.97. The lowest BCUT2D eigenvalue weighted by molar-refractivity contribution is 0.174. The van der Waals surface area contributed by atoms with Crippen molar-refractivity contribution < 1.29 is 19.3 Å². The number of phenols is 1. The summed E-state index contributed by atoms with van der Waals surface area (Å²) in [6.45, 7) is 3.02. The van der Waals surface area contributed by atoms with Gasteiger partial charge < -0.3 is 19.3 Å². The van der Waals surface area contributed by atoms with Gasteiger partial charge in [0.25, 0.3) is 0 Å². The summed E-state index contributed by atoms with van der Waals surface area (Å²) in [5.74, 6) is 2.32. The summed E-state index contributed by atoms with van der Waals surface area (Å²) in [4.78, 5) is 6.48. The molecule has 3 aromatic rings. The molecule has 0 unspecified atom stereocenters. The third-order valence-corrected chi connectivity index (χ3v) is 5.03. The van der Waals surface area contributed by atoms with Crippen LogP contribution in [0.2, 0.25) is 0 Å². The highest BCUT2D eigenvalue weighted by atomic mass is 16.7. The largest absolute Gasteiger partial charge is 0.504 e. The number of hydrogen-bond acceptors (Lipinski definition) is 6. The van der Waals surface area contributed by atoms with Crippen molar-refractivity contribution in [2.24, 2.45) is 0 Å². The zero-order valence-corrected chi connectivity index (χ0v) is 15.3. The molecule has 0 spiro atoms. The Morgan fingerprint density at radius 1 is 1.00 bits per heavy atom. The highest BCUT2D eigenvalue weighted by molar-refractivity contribution is 5.68. The van der Waals surface area contributed by atoms with Gasteiger partial charge in [-0.3, -0.25) is 9.88 Å². The number of phenolic OH excluding ortho intramolecular Hbond substituents is 1. The smallest absolute Gasteiger partial charge is 0.231 e. The fourth-order valence-electron chi connectivity index (χ4n) is 3.69. The van der Waals surface area contributed by atoms with E-state index in [2.05, 4.69) is 22.0 Å². The number of hydrogen-bond donors (Lipinski definition) is 1. The van der Waals surface area contributed by atoms with E-state index in [-0.39, 0.29) is 12.5 Å². The maximum absolute atomic E-state index is 10.5. The minimum absolute atomic E-state index is 0.168. The lowest BCUT2D eigenvalue weighted by atomic mass is 10.0. The minimum Gasteiger partial charge on any atom is -0.504 e. The van der Waals surface area contributed by atoms with Crippen molar-refractivity contribution in [1.82, 2.24) is 9.88 Å². The first-order valence-electron chi connectivity index (χ1n) is 9.26. The van der Waals surface area contributed by atoms with Gasteiger partial charge in [0.15, 0.2) is 23.0 Å². The highest BCUT2D eigenvalue weighted by Gasteiger charge is 2.21. The van der Waals surface area contributed by atoms with Gasteiger partial charge in [-0.2, -0.15) is 0 Å². The van der Waals surface area contributed by atoms with Crippen molar-refractivity contribution in [2.45, 2.75) is 13.1 Å². The summed E-state index contributed by atoms with van der Waals surface area (Å²) in [6.07, 6.45) is 3.53. The van der Waals surface area contributed by atoms with Gasteiger partial charge in [0.05, 0.1) is 0 Å². The first-order valence-corrected chi connectivity index (χ1v) is 9.26. The molecule has 0 saturated heterocycles. The summed E-state index contributed by atoms with van der Waals surface area (Å²) < 4.78 is 16.7. The SMILES string of the molecule is Oc1cc(-c2cccnc2)cc2c1OCCN(Cc1ccc3c(c1)OCO3)C2. The predicted molar refractivity (Wildman–Crippen MR) is 104 cm³/mol. The summed E-state index contributed by atoms with van der Waals surface area (Å²) in [5.41, 5.74) is 4.02. The van der Waals surface area contributed by atoms with Crippen molar-refractivity contribution in [3.8, 4) is 34.1 Å². The number of ether oxygens (including phenoxy) is 3. The molecule has 0 atom stereocenters. The van der Waals surface area contributed by atoms with Crippen LogP contribution < -0.4 is 14.2 Å². The van der Waals surface area contributed by atoms with Gasteiger partial charge in [0.2, 0.25) is 6.79 Å². The summed E-state index contributed by atoms with van der Waals surface area (Å²) >= 11 is 0. The normalized spacial score (nSPS) is 15.6. The van der Waals surface area contributed by atoms with Crippen LogP contribution >= 0.6 is 0 Å². The fraction of sp³-hybridized carbons (Fsp3) is 0.227. The molecule has 5 rings (SSSR count). The molecule has 3 heterocycles. The fourth-order valence-corrected chi connectivity index (χ4v) is 3.69. The quantitative estimate of drug-likeness (QED) is 0.754. The highest BCUT2D eigenvalue weighted by Crippen LogP contribution is 2.38. The first kappa shape index (κ1) is 16.9. The van der Waals surface area contributed by atoms with E-state index in [1.54, 1.807) is 18.5 Å². The molecule has 28 heavy (non-hydrogen) atoms.